The first kappa shape index (κ1) is 14.4. The molecule has 1 heterocycles. The Morgan fingerprint density at radius 3 is 2.58 bits per heavy atom. The molecule has 0 atom stereocenters. The molecule has 0 aromatic heterocycles. The van der Waals surface area contributed by atoms with Gasteiger partial charge in [0.15, 0.2) is 0 Å². The Labute approximate surface area is 118 Å². The van der Waals surface area contributed by atoms with Crippen LogP contribution in [0, 0.1) is 12.3 Å². The number of benzene rings is 1. The van der Waals surface area contributed by atoms with Crippen LogP contribution in [0.25, 0.3) is 0 Å². The summed E-state index contributed by atoms with van der Waals surface area (Å²) in [5.74, 6) is 0. The van der Waals surface area contributed by atoms with Gasteiger partial charge >= 0.3 is 0 Å². The number of anilines is 1. The van der Waals surface area contributed by atoms with Crippen LogP contribution in [0.4, 0.5) is 5.69 Å². The number of rotatable bonds is 5. The molecule has 0 bridgehead atoms. The van der Waals surface area contributed by atoms with E-state index in [4.69, 9.17) is 0 Å². The van der Waals surface area contributed by atoms with Crippen molar-refractivity contribution in [3.63, 3.8) is 0 Å². The molecule has 1 N–H and O–H groups in total. The molecule has 1 aromatic carbocycles. The largest absolute Gasteiger partial charge is 0.371 e. The lowest BCUT2D eigenvalue weighted by atomic mass is 9.82. The second-order valence-corrected chi connectivity index (χ2v) is 6.04. The molecule has 0 unspecified atom stereocenters. The van der Waals surface area contributed by atoms with Crippen LogP contribution in [0.3, 0.4) is 0 Å². The fraction of sp³-hybridized carbons (Fsp3) is 0.647. The zero-order chi connectivity index (χ0) is 13.9. The summed E-state index contributed by atoms with van der Waals surface area (Å²) in [6.45, 7) is 10.3. The van der Waals surface area contributed by atoms with Gasteiger partial charge in [0.2, 0.25) is 0 Å². The average molecular weight is 260 g/mol. The molecule has 1 aliphatic rings. The highest BCUT2D eigenvalue weighted by molar-refractivity contribution is 5.56. The van der Waals surface area contributed by atoms with Crippen LogP contribution in [0.5, 0.6) is 0 Å². The molecule has 1 saturated heterocycles. The van der Waals surface area contributed by atoms with Gasteiger partial charge in [-0.25, -0.2) is 0 Å². The standard InChI is InChI=1S/C17H28N2/c1-5-17(6-2)9-10-19(13-17)16-8-7-14(3)11-15(16)12-18-4/h7-8,11,18H,5-6,9-10,12-13H2,1-4H3. The molecule has 19 heavy (non-hydrogen) atoms. The third-order valence-corrected chi connectivity index (χ3v) is 4.88. The van der Waals surface area contributed by atoms with E-state index in [2.05, 4.69) is 49.2 Å². The monoisotopic (exact) mass is 260 g/mol. The molecule has 2 rings (SSSR count). The summed E-state index contributed by atoms with van der Waals surface area (Å²) in [4.78, 5) is 2.60. The first-order chi connectivity index (χ1) is 9.14. The van der Waals surface area contributed by atoms with Crippen LogP contribution >= 0.6 is 0 Å². The highest BCUT2D eigenvalue weighted by Crippen LogP contribution is 2.39. The Bertz CT molecular complexity index is 421. The Hall–Kier alpha value is -1.02. The van der Waals surface area contributed by atoms with Gasteiger partial charge in [-0.2, -0.15) is 0 Å². The minimum Gasteiger partial charge on any atom is -0.371 e. The summed E-state index contributed by atoms with van der Waals surface area (Å²) >= 11 is 0. The van der Waals surface area contributed by atoms with Gasteiger partial charge in [0.05, 0.1) is 0 Å². The fourth-order valence-corrected chi connectivity index (χ4v) is 3.32. The van der Waals surface area contributed by atoms with Crippen molar-refractivity contribution in [1.29, 1.82) is 0 Å². The summed E-state index contributed by atoms with van der Waals surface area (Å²) in [7, 11) is 2.03. The van der Waals surface area contributed by atoms with E-state index < -0.39 is 0 Å². The fourth-order valence-electron chi connectivity index (χ4n) is 3.32. The van der Waals surface area contributed by atoms with E-state index >= 15 is 0 Å². The molecule has 106 valence electrons. The average Bonchev–Trinajstić information content (AvgIpc) is 2.84. The molecule has 1 aliphatic heterocycles. The Morgan fingerprint density at radius 2 is 2.00 bits per heavy atom. The highest BCUT2D eigenvalue weighted by atomic mass is 15.2. The van der Waals surface area contributed by atoms with Gasteiger partial charge in [-0.15, -0.1) is 0 Å². The van der Waals surface area contributed by atoms with Crippen molar-refractivity contribution in [2.24, 2.45) is 5.41 Å². The quantitative estimate of drug-likeness (QED) is 0.868. The van der Waals surface area contributed by atoms with Crippen LogP contribution in [-0.2, 0) is 6.54 Å². The van der Waals surface area contributed by atoms with Gasteiger partial charge in [-0.05, 0) is 50.3 Å². The lowest BCUT2D eigenvalue weighted by Crippen LogP contribution is -2.27. The topological polar surface area (TPSA) is 15.3 Å². The van der Waals surface area contributed by atoms with E-state index in [-0.39, 0.29) is 0 Å². The molecule has 0 spiro atoms. The number of nitrogens with one attached hydrogen (secondary N) is 1. The minimum atomic E-state index is 0.543. The van der Waals surface area contributed by atoms with Gasteiger partial charge in [-0.1, -0.05) is 31.5 Å². The van der Waals surface area contributed by atoms with E-state index in [1.807, 2.05) is 7.05 Å². The van der Waals surface area contributed by atoms with Crippen LogP contribution in [0.15, 0.2) is 18.2 Å². The molecule has 2 nitrogen and oxygen atoms in total. The van der Waals surface area contributed by atoms with Crippen molar-refractivity contribution >= 4 is 5.69 Å². The lowest BCUT2D eigenvalue weighted by Gasteiger charge is -2.28. The predicted molar refractivity (Wildman–Crippen MR) is 83.8 cm³/mol. The predicted octanol–water partition coefficient (Wildman–Crippen LogP) is 3.73. The molecule has 0 saturated carbocycles. The summed E-state index contributed by atoms with van der Waals surface area (Å²) in [5.41, 5.74) is 4.77. The van der Waals surface area contributed by atoms with Crippen molar-refractivity contribution in [3.8, 4) is 0 Å². The maximum absolute atomic E-state index is 3.30. The third-order valence-electron chi connectivity index (χ3n) is 4.88. The Morgan fingerprint density at radius 1 is 1.26 bits per heavy atom. The molecule has 1 aromatic rings. The van der Waals surface area contributed by atoms with Gasteiger partial charge in [0.1, 0.15) is 0 Å². The van der Waals surface area contributed by atoms with E-state index in [0.717, 1.165) is 6.54 Å². The maximum Gasteiger partial charge on any atom is 0.0412 e. The smallest absolute Gasteiger partial charge is 0.0412 e. The van der Waals surface area contributed by atoms with E-state index in [1.165, 1.54) is 49.2 Å². The SMILES string of the molecule is CCC1(CC)CCN(c2ccc(C)cc2CNC)C1. The highest BCUT2D eigenvalue weighted by Gasteiger charge is 2.35. The summed E-state index contributed by atoms with van der Waals surface area (Å²) in [5, 5.41) is 3.30. The van der Waals surface area contributed by atoms with Gasteiger partial charge in [0.25, 0.3) is 0 Å². The molecular formula is C17H28N2. The van der Waals surface area contributed by atoms with Crippen molar-refractivity contribution in [2.45, 2.75) is 46.6 Å². The second kappa shape index (κ2) is 5.96. The minimum absolute atomic E-state index is 0.543. The first-order valence-electron chi connectivity index (χ1n) is 7.63. The maximum atomic E-state index is 3.30. The van der Waals surface area contributed by atoms with Crippen LogP contribution < -0.4 is 10.2 Å². The first-order valence-corrected chi connectivity index (χ1v) is 7.63. The summed E-state index contributed by atoms with van der Waals surface area (Å²) < 4.78 is 0. The van der Waals surface area contributed by atoms with Crippen molar-refractivity contribution in [3.05, 3.63) is 29.3 Å². The van der Waals surface area contributed by atoms with Crippen molar-refractivity contribution < 1.29 is 0 Å². The van der Waals surface area contributed by atoms with E-state index in [1.54, 1.807) is 0 Å². The number of hydrogen-bond acceptors (Lipinski definition) is 2. The molecule has 0 aliphatic carbocycles. The van der Waals surface area contributed by atoms with Crippen molar-refractivity contribution in [2.75, 3.05) is 25.0 Å². The molecule has 0 radical (unpaired) electrons. The van der Waals surface area contributed by atoms with E-state index in [9.17, 15) is 0 Å². The second-order valence-electron chi connectivity index (χ2n) is 6.04. The Balaban J connectivity index is 2.23. The lowest BCUT2D eigenvalue weighted by molar-refractivity contribution is 0.301. The third kappa shape index (κ3) is 2.94. The van der Waals surface area contributed by atoms with Crippen LogP contribution in [0.1, 0.15) is 44.2 Å². The van der Waals surface area contributed by atoms with Crippen LogP contribution in [0.2, 0.25) is 0 Å². The van der Waals surface area contributed by atoms with Crippen LogP contribution in [-0.4, -0.2) is 20.1 Å². The summed E-state index contributed by atoms with van der Waals surface area (Å²) in [6, 6.07) is 6.87. The van der Waals surface area contributed by atoms with Gasteiger partial charge in [-0.3, -0.25) is 0 Å². The normalized spacial score (nSPS) is 18.0. The molecular weight excluding hydrogens is 232 g/mol. The Kier molecular flexibility index (Phi) is 4.51. The molecule has 1 fully saturated rings. The molecule has 0 amide bonds. The van der Waals surface area contributed by atoms with E-state index in [0.29, 0.717) is 5.41 Å². The zero-order valence-electron chi connectivity index (χ0n) is 12.9. The number of aryl methyl sites for hydroxylation is 1. The van der Waals surface area contributed by atoms with Gasteiger partial charge < -0.3 is 10.2 Å². The number of nitrogens with zero attached hydrogens (tertiary/aromatic N) is 1. The molecule has 2 heteroatoms. The zero-order valence-corrected chi connectivity index (χ0v) is 12.9. The summed E-state index contributed by atoms with van der Waals surface area (Å²) in [6.07, 6.45) is 3.94. The number of hydrogen-bond donors (Lipinski definition) is 1. The van der Waals surface area contributed by atoms with Gasteiger partial charge in [0, 0.05) is 25.3 Å². The van der Waals surface area contributed by atoms with Crippen molar-refractivity contribution in [1.82, 2.24) is 5.32 Å².